The summed E-state index contributed by atoms with van der Waals surface area (Å²) in [4.78, 5) is 0. The number of halogens is 1. The van der Waals surface area contributed by atoms with E-state index in [2.05, 4.69) is 17.4 Å². The van der Waals surface area contributed by atoms with Gasteiger partial charge in [0.1, 0.15) is 6.54 Å². The van der Waals surface area contributed by atoms with Gasteiger partial charge < -0.3 is 17.0 Å². The van der Waals surface area contributed by atoms with Gasteiger partial charge in [-0.1, -0.05) is 12.8 Å². The minimum absolute atomic E-state index is 0. The van der Waals surface area contributed by atoms with Gasteiger partial charge in [-0.15, -0.1) is 6.42 Å². The first-order chi connectivity index (χ1) is 5.36. The van der Waals surface area contributed by atoms with Gasteiger partial charge in [-0.2, -0.15) is 0 Å². The van der Waals surface area contributed by atoms with E-state index >= 15 is 0 Å². The molecule has 1 heterocycles. The Bertz CT molecular complexity index is 275. The molecule has 0 spiro atoms. The molecule has 1 rings (SSSR count). The van der Waals surface area contributed by atoms with E-state index in [1.165, 1.54) is 0 Å². The first-order valence-electron chi connectivity index (χ1n) is 3.82. The average molecular weight is 226 g/mol. The molecular formula is C10H12BrN. The minimum atomic E-state index is 0. The van der Waals surface area contributed by atoms with Gasteiger partial charge >= 0.3 is 0 Å². The third-order valence-corrected chi connectivity index (χ3v) is 1.51. The predicted octanol–water partition coefficient (Wildman–Crippen LogP) is -1.63. The summed E-state index contributed by atoms with van der Waals surface area (Å²) in [5.74, 6) is 2.60. The SMILES string of the molecule is C#Cc1ccc[n+](CCC)c1.[Br-]. The van der Waals surface area contributed by atoms with E-state index in [1.54, 1.807) is 0 Å². The van der Waals surface area contributed by atoms with Crippen LogP contribution in [0.2, 0.25) is 0 Å². The molecule has 2 heteroatoms. The highest BCUT2D eigenvalue weighted by Gasteiger charge is 1.97. The van der Waals surface area contributed by atoms with Gasteiger partial charge in [0.15, 0.2) is 12.4 Å². The van der Waals surface area contributed by atoms with Crippen LogP contribution >= 0.6 is 0 Å². The van der Waals surface area contributed by atoms with Crippen molar-refractivity contribution >= 4 is 0 Å². The number of nitrogens with zero attached hydrogens (tertiary/aromatic N) is 1. The minimum Gasteiger partial charge on any atom is -1.00 e. The van der Waals surface area contributed by atoms with Gasteiger partial charge in [-0.25, -0.2) is 4.57 Å². The van der Waals surface area contributed by atoms with Crippen molar-refractivity contribution in [1.29, 1.82) is 0 Å². The number of pyridine rings is 1. The van der Waals surface area contributed by atoms with Crippen molar-refractivity contribution in [1.82, 2.24) is 0 Å². The maximum absolute atomic E-state index is 5.25. The molecule has 1 aromatic rings. The Morgan fingerprint density at radius 2 is 2.33 bits per heavy atom. The van der Waals surface area contributed by atoms with Gasteiger partial charge in [0, 0.05) is 12.5 Å². The van der Waals surface area contributed by atoms with Crippen molar-refractivity contribution in [3.05, 3.63) is 30.1 Å². The van der Waals surface area contributed by atoms with Crippen LogP contribution in [-0.4, -0.2) is 0 Å². The van der Waals surface area contributed by atoms with Crippen molar-refractivity contribution in [2.45, 2.75) is 19.9 Å². The Morgan fingerprint density at radius 1 is 1.58 bits per heavy atom. The Kier molecular flexibility index (Phi) is 5.40. The number of hydrogen-bond donors (Lipinski definition) is 0. The topological polar surface area (TPSA) is 3.88 Å². The predicted molar refractivity (Wildman–Crippen MR) is 44.9 cm³/mol. The second-order valence-electron chi connectivity index (χ2n) is 2.47. The molecule has 0 bridgehead atoms. The summed E-state index contributed by atoms with van der Waals surface area (Å²) in [6.07, 6.45) is 10.4. The smallest absolute Gasteiger partial charge is 0.184 e. The first kappa shape index (κ1) is 11.2. The molecule has 1 aromatic heterocycles. The number of aryl methyl sites for hydroxylation is 1. The molecule has 0 aromatic carbocycles. The molecule has 0 aliphatic heterocycles. The lowest BCUT2D eigenvalue weighted by molar-refractivity contribution is -0.697. The summed E-state index contributed by atoms with van der Waals surface area (Å²) < 4.78 is 2.11. The van der Waals surface area contributed by atoms with E-state index in [-0.39, 0.29) is 17.0 Å². The molecule has 0 radical (unpaired) electrons. The van der Waals surface area contributed by atoms with E-state index in [1.807, 2.05) is 24.5 Å². The van der Waals surface area contributed by atoms with Crippen LogP contribution in [0, 0.1) is 12.3 Å². The Hall–Kier alpha value is -0.810. The van der Waals surface area contributed by atoms with Crippen LogP contribution in [0.5, 0.6) is 0 Å². The van der Waals surface area contributed by atoms with Crippen LogP contribution < -0.4 is 21.5 Å². The van der Waals surface area contributed by atoms with Gasteiger partial charge in [-0.3, -0.25) is 0 Å². The van der Waals surface area contributed by atoms with Gasteiger partial charge in [-0.05, 0) is 6.07 Å². The van der Waals surface area contributed by atoms with E-state index in [0.717, 1.165) is 18.5 Å². The molecule has 0 unspecified atom stereocenters. The van der Waals surface area contributed by atoms with E-state index in [4.69, 9.17) is 6.42 Å². The molecule has 0 N–H and O–H groups in total. The standard InChI is InChI=1S/C10H12N.BrH/c1-3-7-11-8-5-6-10(4-2)9-11;/h2,5-6,8-9H,3,7H2,1H3;1H/q+1;/p-1. The fourth-order valence-electron chi connectivity index (χ4n) is 1.00. The van der Waals surface area contributed by atoms with Gasteiger partial charge in [0.05, 0.1) is 5.56 Å². The summed E-state index contributed by atoms with van der Waals surface area (Å²) in [6.45, 7) is 3.19. The lowest BCUT2D eigenvalue weighted by Crippen LogP contribution is -3.00. The molecule has 12 heavy (non-hydrogen) atoms. The summed E-state index contributed by atoms with van der Waals surface area (Å²) in [5, 5.41) is 0. The highest BCUT2D eigenvalue weighted by atomic mass is 79.9. The van der Waals surface area contributed by atoms with E-state index in [0.29, 0.717) is 0 Å². The molecule has 0 aliphatic carbocycles. The fraction of sp³-hybridized carbons (Fsp3) is 0.300. The van der Waals surface area contributed by atoms with Crippen molar-refractivity contribution in [3.63, 3.8) is 0 Å². The van der Waals surface area contributed by atoms with E-state index < -0.39 is 0 Å². The van der Waals surface area contributed by atoms with Crippen LogP contribution in [-0.2, 0) is 6.54 Å². The van der Waals surface area contributed by atoms with Crippen molar-refractivity contribution in [3.8, 4) is 12.3 Å². The molecule has 0 aliphatic rings. The highest BCUT2D eigenvalue weighted by Crippen LogP contribution is 1.90. The summed E-state index contributed by atoms with van der Waals surface area (Å²) in [6, 6.07) is 3.91. The third kappa shape index (κ3) is 3.06. The molecule has 0 saturated heterocycles. The number of terminal acetylenes is 1. The maximum Gasteiger partial charge on any atom is 0.184 e. The van der Waals surface area contributed by atoms with E-state index in [9.17, 15) is 0 Å². The van der Waals surface area contributed by atoms with Crippen LogP contribution in [0.25, 0.3) is 0 Å². The lowest BCUT2D eigenvalue weighted by Gasteiger charge is -1.92. The molecule has 1 nitrogen and oxygen atoms in total. The first-order valence-corrected chi connectivity index (χ1v) is 3.82. The van der Waals surface area contributed by atoms with Crippen molar-refractivity contribution in [2.75, 3.05) is 0 Å². The highest BCUT2D eigenvalue weighted by molar-refractivity contribution is 5.26. The lowest BCUT2D eigenvalue weighted by atomic mass is 10.3. The quantitative estimate of drug-likeness (QED) is 0.421. The van der Waals surface area contributed by atoms with Gasteiger partial charge in [0.25, 0.3) is 0 Å². The summed E-state index contributed by atoms with van der Waals surface area (Å²) >= 11 is 0. The number of hydrogen-bond acceptors (Lipinski definition) is 0. The number of rotatable bonds is 2. The normalized spacial score (nSPS) is 8.33. The van der Waals surface area contributed by atoms with Gasteiger partial charge in [0.2, 0.25) is 0 Å². The molecule has 0 saturated carbocycles. The monoisotopic (exact) mass is 225 g/mol. The summed E-state index contributed by atoms with van der Waals surface area (Å²) in [7, 11) is 0. The summed E-state index contributed by atoms with van der Waals surface area (Å²) in [5.41, 5.74) is 0.945. The zero-order valence-corrected chi connectivity index (χ0v) is 8.71. The number of aromatic nitrogens is 1. The Labute approximate surface area is 84.2 Å². The fourth-order valence-corrected chi connectivity index (χ4v) is 1.00. The Morgan fingerprint density at radius 3 is 2.92 bits per heavy atom. The van der Waals surface area contributed by atoms with Crippen LogP contribution in [0.1, 0.15) is 18.9 Å². The zero-order valence-electron chi connectivity index (χ0n) is 7.13. The second-order valence-corrected chi connectivity index (χ2v) is 2.47. The zero-order chi connectivity index (χ0) is 8.10. The second kappa shape index (κ2) is 5.79. The van der Waals surface area contributed by atoms with Crippen LogP contribution in [0.4, 0.5) is 0 Å². The Balaban J connectivity index is 0.00000121. The molecule has 0 amide bonds. The van der Waals surface area contributed by atoms with Crippen molar-refractivity contribution in [2.24, 2.45) is 0 Å². The average Bonchev–Trinajstić information content (AvgIpc) is 2.06. The molecule has 0 atom stereocenters. The molecular weight excluding hydrogens is 214 g/mol. The molecule has 64 valence electrons. The van der Waals surface area contributed by atoms with Crippen LogP contribution in [0.15, 0.2) is 24.5 Å². The largest absolute Gasteiger partial charge is 1.00 e. The maximum atomic E-state index is 5.25. The third-order valence-electron chi connectivity index (χ3n) is 1.51. The van der Waals surface area contributed by atoms with Crippen molar-refractivity contribution < 1.29 is 21.5 Å². The van der Waals surface area contributed by atoms with Crippen LogP contribution in [0.3, 0.4) is 0 Å². The molecule has 0 fully saturated rings.